The lowest BCUT2D eigenvalue weighted by Crippen LogP contribution is -2.36. The SMILES string of the molecule is Fc1ccc(Cl)cc1CC(CCl)(CCl)C1CCCC1. The van der Waals surface area contributed by atoms with E-state index < -0.39 is 0 Å². The number of benzene rings is 1. The van der Waals surface area contributed by atoms with Crippen molar-refractivity contribution in [1.82, 2.24) is 0 Å². The van der Waals surface area contributed by atoms with Gasteiger partial charge in [0.2, 0.25) is 0 Å². The van der Waals surface area contributed by atoms with Crippen molar-refractivity contribution in [2.45, 2.75) is 32.1 Å². The first kappa shape index (κ1) is 15.4. The van der Waals surface area contributed by atoms with Gasteiger partial charge < -0.3 is 0 Å². The molecule has 0 N–H and O–H groups in total. The van der Waals surface area contributed by atoms with Gasteiger partial charge >= 0.3 is 0 Å². The first-order chi connectivity index (χ1) is 9.11. The Labute approximate surface area is 129 Å². The summed E-state index contributed by atoms with van der Waals surface area (Å²) in [5.74, 6) is 1.20. The fourth-order valence-corrected chi connectivity index (χ4v) is 4.19. The average molecular weight is 324 g/mol. The molecule has 0 aromatic heterocycles. The van der Waals surface area contributed by atoms with Crippen LogP contribution in [-0.2, 0) is 6.42 Å². The van der Waals surface area contributed by atoms with Crippen LogP contribution >= 0.6 is 34.8 Å². The highest BCUT2D eigenvalue weighted by molar-refractivity contribution is 6.30. The summed E-state index contributed by atoms with van der Waals surface area (Å²) in [6, 6.07) is 4.68. The van der Waals surface area contributed by atoms with Crippen LogP contribution in [0.15, 0.2) is 18.2 Å². The van der Waals surface area contributed by atoms with E-state index in [0.717, 1.165) is 12.8 Å². The molecule has 19 heavy (non-hydrogen) atoms. The van der Waals surface area contributed by atoms with Gasteiger partial charge in [0.05, 0.1) is 0 Å². The van der Waals surface area contributed by atoms with Gasteiger partial charge in [-0.25, -0.2) is 4.39 Å². The molecule has 0 heterocycles. The monoisotopic (exact) mass is 322 g/mol. The maximum absolute atomic E-state index is 13.9. The Morgan fingerprint density at radius 3 is 2.37 bits per heavy atom. The Balaban J connectivity index is 2.27. The van der Waals surface area contributed by atoms with Crippen LogP contribution in [0.4, 0.5) is 4.39 Å². The zero-order chi connectivity index (χ0) is 13.9. The topological polar surface area (TPSA) is 0 Å². The van der Waals surface area contributed by atoms with Crippen molar-refractivity contribution >= 4 is 34.8 Å². The zero-order valence-corrected chi connectivity index (χ0v) is 13.0. The van der Waals surface area contributed by atoms with Crippen LogP contribution in [0.1, 0.15) is 31.2 Å². The number of rotatable bonds is 5. The summed E-state index contributed by atoms with van der Waals surface area (Å²) >= 11 is 18.4. The number of halogens is 4. The number of hydrogen-bond donors (Lipinski definition) is 0. The van der Waals surface area contributed by atoms with Gasteiger partial charge in [0.25, 0.3) is 0 Å². The zero-order valence-electron chi connectivity index (χ0n) is 10.8. The second kappa shape index (κ2) is 6.65. The van der Waals surface area contributed by atoms with E-state index >= 15 is 0 Å². The molecule has 0 bridgehead atoms. The molecule has 1 aromatic carbocycles. The predicted octanol–water partition coefficient (Wildman–Crippen LogP) is 5.68. The molecule has 0 amide bonds. The molecular formula is C15H18Cl3F. The summed E-state index contributed by atoms with van der Waals surface area (Å²) in [7, 11) is 0. The van der Waals surface area contributed by atoms with Crippen molar-refractivity contribution < 1.29 is 4.39 Å². The van der Waals surface area contributed by atoms with Crippen molar-refractivity contribution in [1.29, 1.82) is 0 Å². The highest BCUT2D eigenvalue weighted by Crippen LogP contribution is 2.44. The summed E-state index contributed by atoms with van der Waals surface area (Å²) in [4.78, 5) is 0. The van der Waals surface area contributed by atoms with Crippen LogP contribution in [0.5, 0.6) is 0 Å². The van der Waals surface area contributed by atoms with E-state index in [4.69, 9.17) is 34.8 Å². The Morgan fingerprint density at radius 1 is 1.16 bits per heavy atom. The van der Waals surface area contributed by atoms with Gasteiger partial charge in [-0.05, 0) is 48.9 Å². The average Bonchev–Trinajstić information content (AvgIpc) is 2.94. The van der Waals surface area contributed by atoms with Crippen LogP contribution in [0.25, 0.3) is 0 Å². The lowest BCUT2D eigenvalue weighted by Gasteiger charge is -2.36. The lowest BCUT2D eigenvalue weighted by atomic mass is 9.73. The molecule has 0 spiro atoms. The van der Waals surface area contributed by atoms with Gasteiger partial charge in [-0.2, -0.15) is 0 Å². The Kier molecular flexibility index (Phi) is 5.39. The first-order valence-electron chi connectivity index (χ1n) is 6.67. The van der Waals surface area contributed by atoms with E-state index in [0.29, 0.717) is 34.7 Å². The van der Waals surface area contributed by atoms with Crippen molar-refractivity contribution in [3.63, 3.8) is 0 Å². The lowest BCUT2D eigenvalue weighted by molar-refractivity contribution is 0.223. The molecule has 0 saturated heterocycles. The molecule has 1 fully saturated rings. The highest BCUT2D eigenvalue weighted by atomic mass is 35.5. The third-order valence-corrected chi connectivity index (χ3v) is 5.60. The molecule has 1 aliphatic carbocycles. The summed E-state index contributed by atoms with van der Waals surface area (Å²) < 4.78 is 13.9. The second-order valence-corrected chi connectivity index (χ2v) is 6.49. The summed E-state index contributed by atoms with van der Waals surface area (Å²) in [5, 5.41) is 0.556. The first-order valence-corrected chi connectivity index (χ1v) is 8.12. The minimum atomic E-state index is -0.220. The number of hydrogen-bond acceptors (Lipinski definition) is 0. The Hall–Kier alpha value is 0.0200. The minimum Gasteiger partial charge on any atom is -0.207 e. The molecule has 1 saturated carbocycles. The van der Waals surface area contributed by atoms with Gasteiger partial charge in [-0.1, -0.05) is 24.4 Å². The molecular weight excluding hydrogens is 306 g/mol. The van der Waals surface area contributed by atoms with E-state index in [9.17, 15) is 4.39 Å². The second-order valence-electron chi connectivity index (χ2n) is 5.52. The van der Waals surface area contributed by atoms with Gasteiger partial charge in [0.1, 0.15) is 5.82 Å². The molecule has 4 heteroatoms. The third-order valence-electron chi connectivity index (χ3n) is 4.30. The maximum Gasteiger partial charge on any atom is 0.126 e. The predicted molar refractivity (Wildman–Crippen MR) is 80.9 cm³/mol. The van der Waals surface area contributed by atoms with Crippen molar-refractivity contribution in [3.8, 4) is 0 Å². The van der Waals surface area contributed by atoms with Gasteiger partial charge in [0, 0.05) is 22.2 Å². The smallest absolute Gasteiger partial charge is 0.126 e. The standard InChI is InChI=1S/C15H18Cl3F/c16-9-15(10-17,12-3-1-2-4-12)8-11-7-13(18)5-6-14(11)19/h5-7,12H,1-4,8-10H2. The fourth-order valence-electron chi connectivity index (χ4n) is 3.09. The molecule has 0 radical (unpaired) electrons. The molecule has 0 unspecified atom stereocenters. The van der Waals surface area contributed by atoms with Crippen molar-refractivity contribution in [3.05, 3.63) is 34.6 Å². The Morgan fingerprint density at radius 2 is 1.79 bits per heavy atom. The van der Waals surface area contributed by atoms with Crippen LogP contribution < -0.4 is 0 Å². The van der Waals surface area contributed by atoms with E-state index in [2.05, 4.69) is 0 Å². The van der Waals surface area contributed by atoms with E-state index in [-0.39, 0.29) is 11.2 Å². The van der Waals surface area contributed by atoms with Gasteiger partial charge in [-0.15, -0.1) is 23.2 Å². The van der Waals surface area contributed by atoms with Crippen LogP contribution in [0.2, 0.25) is 5.02 Å². The van der Waals surface area contributed by atoms with E-state index in [1.807, 2.05) is 0 Å². The number of alkyl halides is 2. The molecule has 0 atom stereocenters. The van der Waals surface area contributed by atoms with Gasteiger partial charge in [0.15, 0.2) is 0 Å². The van der Waals surface area contributed by atoms with Crippen LogP contribution in [0.3, 0.4) is 0 Å². The van der Waals surface area contributed by atoms with E-state index in [1.54, 1.807) is 12.1 Å². The van der Waals surface area contributed by atoms with Crippen LogP contribution in [-0.4, -0.2) is 11.8 Å². The summed E-state index contributed by atoms with van der Waals surface area (Å²) in [6.45, 7) is 0. The summed E-state index contributed by atoms with van der Waals surface area (Å²) in [5.41, 5.74) is 0.409. The quantitative estimate of drug-likeness (QED) is 0.612. The Bertz CT molecular complexity index is 423. The largest absolute Gasteiger partial charge is 0.207 e. The molecule has 0 aliphatic heterocycles. The van der Waals surface area contributed by atoms with Crippen molar-refractivity contribution in [2.75, 3.05) is 11.8 Å². The third kappa shape index (κ3) is 3.37. The van der Waals surface area contributed by atoms with Crippen LogP contribution in [0, 0.1) is 17.2 Å². The maximum atomic E-state index is 13.9. The van der Waals surface area contributed by atoms with Crippen molar-refractivity contribution in [2.24, 2.45) is 11.3 Å². The fraction of sp³-hybridized carbons (Fsp3) is 0.600. The molecule has 1 aromatic rings. The normalized spacial score (nSPS) is 17.1. The molecule has 2 rings (SSSR count). The molecule has 1 aliphatic rings. The highest BCUT2D eigenvalue weighted by Gasteiger charge is 2.39. The molecule has 0 nitrogen and oxygen atoms in total. The van der Waals surface area contributed by atoms with E-state index in [1.165, 1.54) is 18.9 Å². The minimum absolute atomic E-state index is 0.217. The molecule has 106 valence electrons. The summed E-state index contributed by atoms with van der Waals surface area (Å²) in [6.07, 6.45) is 5.29. The van der Waals surface area contributed by atoms with Gasteiger partial charge in [-0.3, -0.25) is 0 Å².